The Bertz CT molecular complexity index is 1150. The Kier molecular flexibility index (Phi) is 5.77. The first kappa shape index (κ1) is 21.7. The summed E-state index contributed by atoms with van der Waals surface area (Å²) in [6, 6.07) is 5.22. The van der Waals surface area contributed by atoms with Crippen molar-refractivity contribution in [2.24, 2.45) is 0 Å². The van der Waals surface area contributed by atoms with Gasteiger partial charge in [0.15, 0.2) is 0 Å². The Morgan fingerprint density at radius 3 is 2.62 bits per heavy atom. The minimum absolute atomic E-state index is 0.0234. The van der Waals surface area contributed by atoms with Crippen LogP contribution in [0.25, 0.3) is 16.7 Å². The number of nitrogens with one attached hydrogen (secondary N) is 1. The fourth-order valence-corrected chi connectivity index (χ4v) is 3.56. The van der Waals surface area contributed by atoms with Crippen molar-refractivity contribution in [1.29, 1.82) is 0 Å². The van der Waals surface area contributed by atoms with Crippen molar-refractivity contribution in [2.75, 3.05) is 18.4 Å². The number of amides is 2. The van der Waals surface area contributed by atoms with Crippen LogP contribution in [0.4, 0.5) is 19.3 Å². The van der Waals surface area contributed by atoms with E-state index in [1.165, 1.54) is 17.3 Å². The van der Waals surface area contributed by atoms with Crippen molar-refractivity contribution in [3.8, 4) is 5.69 Å². The molecule has 8 nitrogen and oxygen atoms in total. The number of likely N-dealkylation sites (tertiary alicyclic amines) is 1. The van der Waals surface area contributed by atoms with E-state index < -0.39 is 12.0 Å². The number of carbonyl (C=O) groups is 2. The van der Waals surface area contributed by atoms with Gasteiger partial charge in [0.05, 0.1) is 35.4 Å². The van der Waals surface area contributed by atoms with Crippen LogP contribution in [-0.2, 0) is 4.74 Å². The van der Waals surface area contributed by atoms with Crippen LogP contribution in [0.2, 0.25) is 0 Å². The van der Waals surface area contributed by atoms with Gasteiger partial charge in [0.1, 0.15) is 5.65 Å². The molecule has 4 rings (SSSR count). The lowest BCUT2D eigenvalue weighted by Gasteiger charge is -2.31. The number of alkyl halides is 2. The number of hydrogen-bond donors (Lipinski definition) is 1. The zero-order chi connectivity index (χ0) is 22.9. The molecule has 1 aliphatic heterocycles. The summed E-state index contributed by atoms with van der Waals surface area (Å²) in [6.07, 6.45) is 4.87. The van der Waals surface area contributed by atoms with Gasteiger partial charge in [0.2, 0.25) is 0 Å². The highest BCUT2D eigenvalue weighted by Crippen LogP contribution is 2.29. The van der Waals surface area contributed by atoms with E-state index in [1.54, 1.807) is 49.0 Å². The molecule has 1 fully saturated rings. The first-order valence-corrected chi connectivity index (χ1v) is 10.3. The molecule has 1 aliphatic rings. The predicted octanol–water partition coefficient (Wildman–Crippen LogP) is 4.25. The zero-order valence-corrected chi connectivity index (χ0v) is 17.7. The number of ether oxygens (including phenoxy) is 1. The van der Waals surface area contributed by atoms with Crippen LogP contribution < -0.4 is 5.32 Å². The fourth-order valence-electron chi connectivity index (χ4n) is 3.56. The van der Waals surface area contributed by atoms with Crippen LogP contribution in [-0.4, -0.2) is 56.6 Å². The molecular formula is C22H23F2N5O3. The normalized spacial score (nSPS) is 15.7. The van der Waals surface area contributed by atoms with Crippen LogP contribution in [0.1, 0.15) is 37.0 Å². The molecule has 0 radical (unpaired) electrons. The lowest BCUT2D eigenvalue weighted by atomic mass is 10.1. The van der Waals surface area contributed by atoms with E-state index >= 15 is 0 Å². The van der Waals surface area contributed by atoms with Gasteiger partial charge in [-0.3, -0.25) is 19.7 Å². The van der Waals surface area contributed by atoms with Gasteiger partial charge in [0, 0.05) is 43.7 Å². The second-order valence-electron chi connectivity index (χ2n) is 7.98. The summed E-state index contributed by atoms with van der Waals surface area (Å²) < 4.78 is 33.6. The predicted molar refractivity (Wildman–Crippen MR) is 114 cm³/mol. The maximum absolute atomic E-state index is 13.4. The first-order valence-electron chi connectivity index (χ1n) is 10.3. The molecule has 3 aromatic rings. The number of anilines is 1. The van der Waals surface area contributed by atoms with E-state index in [0.29, 0.717) is 22.6 Å². The molecule has 0 atom stereocenters. The van der Waals surface area contributed by atoms with Crippen LogP contribution in [0.3, 0.4) is 0 Å². The summed E-state index contributed by atoms with van der Waals surface area (Å²) in [5.41, 5.74) is 2.07. The summed E-state index contributed by atoms with van der Waals surface area (Å²) in [7, 11) is 0. The van der Waals surface area contributed by atoms with Crippen molar-refractivity contribution in [2.45, 2.75) is 38.7 Å². The molecule has 2 amide bonds. The van der Waals surface area contributed by atoms with Crippen LogP contribution >= 0.6 is 0 Å². The van der Waals surface area contributed by atoms with Gasteiger partial charge in [-0.1, -0.05) is 0 Å². The topological polar surface area (TPSA) is 89.3 Å². The summed E-state index contributed by atoms with van der Waals surface area (Å²) in [5.74, 6) is -3.02. The van der Waals surface area contributed by atoms with Crippen molar-refractivity contribution in [3.63, 3.8) is 0 Å². The quantitative estimate of drug-likeness (QED) is 0.651. The van der Waals surface area contributed by atoms with Gasteiger partial charge in [-0.05, 0) is 32.0 Å². The second kappa shape index (κ2) is 8.52. The molecule has 1 N–H and O–H groups in total. The third kappa shape index (κ3) is 4.68. The Balaban J connectivity index is 1.54. The maximum atomic E-state index is 13.4. The van der Waals surface area contributed by atoms with Gasteiger partial charge < -0.3 is 9.64 Å². The zero-order valence-electron chi connectivity index (χ0n) is 17.7. The molecule has 3 aromatic heterocycles. The van der Waals surface area contributed by atoms with Gasteiger partial charge in [-0.15, -0.1) is 0 Å². The highest BCUT2D eigenvalue weighted by atomic mass is 19.3. The molecule has 0 aromatic carbocycles. The smallest absolute Gasteiger partial charge is 0.411 e. The molecule has 0 unspecified atom stereocenters. The highest BCUT2D eigenvalue weighted by molar-refractivity contribution is 5.97. The standard InChI is InChI=1S/C22H23F2N5O3/c1-14(2)32-21(31)27-17-10-18(13-25-12-17)29-6-3-15-9-16(11-26-19(15)29)20(30)28-7-4-22(23,24)5-8-28/h3,6,9-14H,4-5,7-8H2,1-2H3,(H,27,31). The number of nitrogens with zero attached hydrogens (tertiary/aromatic N) is 4. The van der Waals surface area contributed by atoms with Gasteiger partial charge >= 0.3 is 6.09 Å². The molecule has 4 heterocycles. The number of hydrogen-bond acceptors (Lipinski definition) is 5. The number of pyridine rings is 2. The molecule has 0 spiro atoms. The van der Waals surface area contributed by atoms with E-state index in [1.807, 2.05) is 0 Å². The van der Waals surface area contributed by atoms with Crippen LogP contribution in [0, 0.1) is 0 Å². The molecule has 10 heteroatoms. The molecule has 168 valence electrons. The molecule has 0 saturated carbocycles. The lowest BCUT2D eigenvalue weighted by Crippen LogP contribution is -2.42. The number of halogens is 2. The first-order chi connectivity index (χ1) is 15.2. The van der Waals surface area contributed by atoms with Crippen molar-refractivity contribution in [3.05, 3.63) is 48.5 Å². The number of piperidine rings is 1. The summed E-state index contributed by atoms with van der Waals surface area (Å²) in [4.78, 5) is 34.6. The highest BCUT2D eigenvalue weighted by Gasteiger charge is 2.35. The minimum atomic E-state index is -2.71. The molecule has 32 heavy (non-hydrogen) atoms. The van der Waals surface area contributed by atoms with E-state index in [2.05, 4.69) is 15.3 Å². The number of fused-ring (bicyclic) bond motifs is 1. The monoisotopic (exact) mass is 443 g/mol. The number of rotatable bonds is 4. The Hall–Kier alpha value is -3.56. The fraction of sp³-hybridized carbons (Fsp3) is 0.364. The Morgan fingerprint density at radius 1 is 1.16 bits per heavy atom. The van der Waals surface area contributed by atoms with Gasteiger partial charge in [0.25, 0.3) is 11.8 Å². The Labute approximate surface area is 183 Å². The van der Waals surface area contributed by atoms with E-state index in [9.17, 15) is 18.4 Å². The van der Waals surface area contributed by atoms with Crippen molar-refractivity contribution in [1.82, 2.24) is 19.4 Å². The van der Waals surface area contributed by atoms with E-state index in [4.69, 9.17) is 4.74 Å². The van der Waals surface area contributed by atoms with Gasteiger partial charge in [-0.2, -0.15) is 0 Å². The van der Waals surface area contributed by atoms with Gasteiger partial charge in [-0.25, -0.2) is 18.6 Å². The Morgan fingerprint density at radius 2 is 1.91 bits per heavy atom. The van der Waals surface area contributed by atoms with Crippen LogP contribution in [0.5, 0.6) is 0 Å². The minimum Gasteiger partial charge on any atom is -0.447 e. The van der Waals surface area contributed by atoms with E-state index in [0.717, 1.165) is 5.39 Å². The summed E-state index contributed by atoms with van der Waals surface area (Å²) in [5, 5.41) is 3.35. The second-order valence-corrected chi connectivity index (χ2v) is 7.98. The number of aromatic nitrogens is 3. The largest absolute Gasteiger partial charge is 0.447 e. The molecule has 1 saturated heterocycles. The number of carbonyl (C=O) groups excluding carboxylic acids is 2. The maximum Gasteiger partial charge on any atom is 0.411 e. The van der Waals surface area contributed by atoms with E-state index in [-0.39, 0.29) is 37.9 Å². The van der Waals surface area contributed by atoms with Crippen molar-refractivity contribution < 1.29 is 23.1 Å². The molecular weight excluding hydrogens is 420 g/mol. The third-order valence-electron chi connectivity index (χ3n) is 5.15. The average molecular weight is 443 g/mol. The lowest BCUT2D eigenvalue weighted by molar-refractivity contribution is -0.0494. The molecule has 0 bridgehead atoms. The SMILES string of the molecule is CC(C)OC(=O)Nc1cncc(-n2ccc3cc(C(=O)N4CCC(F)(F)CC4)cnc32)c1. The average Bonchev–Trinajstić information content (AvgIpc) is 3.16. The van der Waals surface area contributed by atoms with Crippen LogP contribution in [0.15, 0.2) is 43.0 Å². The summed E-state index contributed by atoms with van der Waals surface area (Å²) >= 11 is 0. The third-order valence-corrected chi connectivity index (χ3v) is 5.15. The molecule has 0 aliphatic carbocycles. The summed E-state index contributed by atoms with van der Waals surface area (Å²) in [6.45, 7) is 3.56. The van der Waals surface area contributed by atoms with Crippen molar-refractivity contribution >= 4 is 28.7 Å².